The maximum atomic E-state index is 12.9. The fourth-order valence-corrected chi connectivity index (χ4v) is 3.19. The fourth-order valence-electron chi connectivity index (χ4n) is 3.19. The molecule has 0 radical (unpaired) electrons. The Morgan fingerprint density at radius 3 is 2.78 bits per heavy atom. The summed E-state index contributed by atoms with van der Waals surface area (Å²) < 4.78 is 5.14. The highest BCUT2D eigenvalue weighted by atomic mass is 16.5. The van der Waals surface area contributed by atoms with E-state index < -0.39 is 18.4 Å². The number of carbonyl (C=O) groups excluding carboxylic acids is 1. The van der Waals surface area contributed by atoms with Crippen LogP contribution in [0.5, 0.6) is 5.75 Å². The number of nitrogens with zero attached hydrogens (tertiary/aromatic N) is 2. The predicted molar refractivity (Wildman–Crippen MR) is 82.7 cm³/mol. The third kappa shape index (κ3) is 2.33. The molecule has 122 valence electrons. The van der Waals surface area contributed by atoms with E-state index in [2.05, 4.69) is 0 Å². The molecular formula is C16H18N2O5. The Morgan fingerprint density at radius 2 is 2.17 bits per heavy atom. The van der Waals surface area contributed by atoms with Crippen molar-refractivity contribution in [1.29, 1.82) is 0 Å². The van der Waals surface area contributed by atoms with E-state index in [1.54, 1.807) is 6.07 Å². The molecule has 1 aromatic rings. The smallest absolute Gasteiger partial charge is 0.414 e. The first-order chi connectivity index (χ1) is 11.0. The Labute approximate surface area is 133 Å². The molecule has 0 spiro atoms. The minimum absolute atomic E-state index is 0.173. The van der Waals surface area contributed by atoms with Gasteiger partial charge in [0.1, 0.15) is 5.75 Å². The first-order valence-electron chi connectivity index (χ1n) is 7.31. The topological polar surface area (TPSA) is 90.3 Å². The number of carbonyl (C=O) groups is 2. The summed E-state index contributed by atoms with van der Waals surface area (Å²) in [6.07, 6.45) is -0.263. The zero-order valence-corrected chi connectivity index (χ0v) is 12.9. The van der Waals surface area contributed by atoms with Crippen molar-refractivity contribution in [2.45, 2.75) is 25.6 Å². The van der Waals surface area contributed by atoms with Gasteiger partial charge >= 0.3 is 6.09 Å². The number of hydrogen-bond acceptors (Lipinski definition) is 4. The fraction of sp³-hybridized carbons (Fsp3) is 0.375. The van der Waals surface area contributed by atoms with Gasteiger partial charge in [0, 0.05) is 6.54 Å². The molecule has 23 heavy (non-hydrogen) atoms. The zero-order chi connectivity index (χ0) is 16.7. The van der Waals surface area contributed by atoms with Gasteiger partial charge in [-0.25, -0.2) is 9.69 Å². The molecule has 1 saturated heterocycles. The number of allylic oxidation sites excluding steroid dienone is 1. The van der Waals surface area contributed by atoms with Gasteiger partial charge in [-0.15, -0.1) is 0 Å². The number of fused-ring (bicyclic) bond motifs is 2. The van der Waals surface area contributed by atoms with Crippen LogP contribution in [0.3, 0.4) is 0 Å². The lowest BCUT2D eigenvalue weighted by molar-refractivity contribution is 0.0511. The third-order valence-corrected chi connectivity index (χ3v) is 4.42. The Balaban J connectivity index is 2.17. The average molecular weight is 318 g/mol. The molecule has 7 nitrogen and oxygen atoms in total. The summed E-state index contributed by atoms with van der Waals surface area (Å²) >= 11 is 0. The number of rotatable bonds is 1. The summed E-state index contributed by atoms with van der Waals surface area (Å²) in [7, 11) is 1.48. The predicted octanol–water partition coefficient (Wildman–Crippen LogP) is 1.67. The molecule has 2 atom stereocenters. The average Bonchev–Trinajstić information content (AvgIpc) is 2.95. The molecule has 3 rings (SSSR count). The number of carboxylic acid groups (broad SMARTS) is 1. The lowest BCUT2D eigenvalue weighted by atomic mass is 10.1. The van der Waals surface area contributed by atoms with E-state index in [1.165, 1.54) is 24.1 Å². The Hall–Kier alpha value is -2.54. The van der Waals surface area contributed by atoms with Gasteiger partial charge in [-0.05, 0) is 31.5 Å². The minimum Gasteiger partial charge on any atom is -0.497 e. The van der Waals surface area contributed by atoms with Crippen molar-refractivity contribution in [1.82, 2.24) is 4.90 Å². The van der Waals surface area contributed by atoms with Crippen LogP contribution in [-0.2, 0) is 0 Å². The number of aliphatic hydroxyl groups is 1. The molecule has 2 heterocycles. The van der Waals surface area contributed by atoms with Gasteiger partial charge in [-0.1, -0.05) is 11.6 Å². The Morgan fingerprint density at radius 1 is 1.43 bits per heavy atom. The van der Waals surface area contributed by atoms with Gasteiger partial charge in [0.15, 0.2) is 6.23 Å². The van der Waals surface area contributed by atoms with Crippen molar-refractivity contribution < 1.29 is 24.5 Å². The van der Waals surface area contributed by atoms with Crippen molar-refractivity contribution in [3.05, 3.63) is 35.4 Å². The minimum atomic E-state index is -1.32. The van der Waals surface area contributed by atoms with Gasteiger partial charge in [-0.2, -0.15) is 0 Å². The highest BCUT2D eigenvalue weighted by Gasteiger charge is 2.45. The molecule has 1 fully saturated rings. The van der Waals surface area contributed by atoms with Crippen LogP contribution < -0.4 is 9.64 Å². The number of aliphatic hydroxyl groups excluding tert-OH is 1. The zero-order valence-electron chi connectivity index (χ0n) is 12.9. The van der Waals surface area contributed by atoms with E-state index in [4.69, 9.17) is 4.74 Å². The van der Waals surface area contributed by atoms with Crippen molar-refractivity contribution in [3.63, 3.8) is 0 Å². The summed E-state index contributed by atoms with van der Waals surface area (Å²) in [6, 6.07) is 3.98. The monoisotopic (exact) mass is 318 g/mol. The van der Waals surface area contributed by atoms with Gasteiger partial charge in [0.05, 0.1) is 24.4 Å². The van der Waals surface area contributed by atoms with Crippen LogP contribution in [0.4, 0.5) is 10.5 Å². The van der Waals surface area contributed by atoms with Crippen molar-refractivity contribution in [2.75, 3.05) is 18.6 Å². The molecule has 0 bridgehead atoms. The molecule has 1 aromatic carbocycles. The molecule has 2 aliphatic heterocycles. The van der Waals surface area contributed by atoms with Gasteiger partial charge in [0.25, 0.3) is 5.91 Å². The third-order valence-electron chi connectivity index (χ3n) is 4.42. The number of anilines is 1. The standard InChI is InChI=1S/C16H18N2O5/c1-3-9-6-13-15(20)18(16(21)22)12-5-4-10(23-2)7-11(12)14(19)17(13)8-9/h3-5,7,13,15,20H,6,8H2,1-2H3,(H,21,22). The lowest BCUT2D eigenvalue weighted by Crippen LogP contribution is -2.50. The van der Waals surface area contributed by atoms with E-state index in [0.29, 0.717) is 18.7 Å². The van der Waals surface area contributed by atoms with Crippen LogP contribution in [0.2, 0.25) is 0 Å². The Bertz CT molecular complexity index is 700. The number of ether oxygens (including phenoxy) is 1. The highest BCUT2D eigenvalue weighted by Crippen LogP contribution is 2.37. The van der Waals surface area contributed by atoms with Crippen LogP contribution >= 0.6 is 0 Å². The molecule has 2 unspecified atom stereocenters. The van der Waals surface area contributed by atoms with E-state index in [0.717, 1.165) is 10.5 Å². The van der Waals surface area contributed by atoms with Crippen LogP contribution in [0.15, 0.2) is 29.8 Å². The quantitative estimate of drug-likeness (QED) is 0.769. The molecule has 2 aliphatic rings. The number of hydrogen-bond donors (Lipinski definition) is 2. The summed E-state index contributed by atoms with van der Waals surface area (Å²) in [5, 5.41) is 20.1. The highest BCUT2D eigenvalue weighted by molar-refractivity contribution is 6.05. The second-order valence-electron chi connectivity index (χ2n) is 5.60. The maximum absolute atomic E-state index is 12.9. The largest absolute Gasteiger partial charge is 0.497 e. The van der Waals surface area contributed by atoms with E-state index in [1.807, 2.05) is 13.0 Å². The molecule has 7 heteroatoms. The first kappa shape index (κ1) is 15.4. The van der Waals surface area contributed by atoms with Gasteiger partial charge in [-0.3, -0.25) is 4.79 Å². The molecule has 0 aromatic heterocycles. The lowest BCUT2D eigenvalue weighted by Gasteiger charge is -2.30. The van der Waals surface area contributed by atoms with Gasteiger partial charge < -0.3 is 19.8 Å². The summed E-state index contributed by atoms with van der Waals surface area (Å²) in [5.41, 5.74) is 1.39. The SMILES string of the molecule is CC=C1CC2C(O)N(C(=O)O)c3ccc(OC)cc3C(=O)N2C1. The molecule has 0 saturated carbocycles. The first-order valence-corrected chi connectivity index (χ1v) is 7.31. The van der Waals surface area contributed by atoms with Gasteiger partial charge in [0.2, 0.25) is 0 Å². The molecule has 0 aliphatic carbocycles. The number of methoxy groups -OCH3 is 1. The molecule has 2 N–H and O–H groups in total. The van der Waals surface area contributed by atoms with Crippen LogP contribution in [0.1, 0.15) is 23.7 Å². The van der Waals surface area contributed by atoms with Crippen molar-refractivity contribution in [3.8, 4) is 5.75 Å². The van der Waals surface area contributed by atoms with Crippen LogP contribution in [0.25, 0.3) is 0 Å². The van der Waals surface area contributed by atoms with E-state index in [9.17, 15) is 19.8 Å². The number of amides is 2. The van der Waals surface area contributed by atoms with Crippen LogP contribution in [-0.4, -0.2) is 53.0 Å². The normalized spacial score (nSPS) is 25.2. The second-order valence-corrected chi connectivity index (χ2v) is 5.60. The summed E-state index contributed by atoms with van der Waals surface area (Å²) in [5.74, 6) is 0.157. The second kappa shape index (κ2) is 5.58. The summed E-state index contributed by atoms with van der Waals surface area (Å²) in [4.78, 5) is 26.9. The van der Waals surface area contributed by atoms with E-state index >= 15 is 0 Å². The van der Waals surface area contributed by atoms with E-state index in [-0.39, 0.29) is 17.2 Å². The van der Waals surface area contributed by atoms with Crippen molar-refractivity contribution in [2.24, 2.45) is 0 Å². The molecular weight excluding hydrogens is 300 g/mol. The summed E-state index contributed by atoms with van der Waals surface area (Å²) in [6.45, 7) is 2.26. The Kier molecular flexibility index (Phi) is 3.73. The van der Waals surface area contributed by atoms with Crippen LogP contribution in [0, 0.1) is 0 Å². The number of benzene rings is 1. The van der Waals surface area contributed by atoms with Crippen molar-refractivity contribution >= 4 is 17.7 Å². The molecule has 2 amide bonds. The maximum Gasteiger partial charge on any atom is 0.414 e.